The SMILES string of the molecule is O=C1OC2(CCC(C(=O)Nc3cc(-c4ccccc4OC(F)F)[nH]n3)CC2)c2cnccc21. The van der Waals surface area contributed by atoms with Crippen LogP contribution in [0.3, 0.4) is 0 Å². The van der Waals surface area contributed by atoms with E-state index in [4.69, 9.17) is 4.74 Å². The highest BCUT2D eigenvalue weighted by Crippen LogP contribution is 2.47. The van der Waals surface area contributed by atoms with Crippen molar-refractivity contribution in [1.82, 2.24) is 15.2 Å². The van der Waals surface area contributed by atoms with Crippen molar-refractivity contribution in [3.8, 4) is 17.0 Å². The summed E-state index contributed by atoms with van der Waals surface area (Å²) in [6.45, 7) is -2.95. The van der Waals surface area contributed by atoms with E-state index in [0.29, 0.717) is 42.5 Å². The molecule has 3 heterocycles. The first-order valence-corrected chi connectivity index (χ1v) is 10.5. The van der Waals surface area contributed by atoms with E-state index in [1.165, 1.54) is 6.07 Å². The third kappa shape index (κ3) is 3.92. The number of H-pyrrole nitrogens is 1. The maximum atomic E-state index is 12.8. The van der Waals surface area contributed by atoms with Crippen molar-refractivity contribution in [2.24, 2.45) is 5.92 Å². The molecule has 0 atom stereocenters. The Kier molecular flexibility index (Phi) is 5.27. The lowest BCUT2D eigenvalue weighted by Gasteiger charge is -2.35. The average Bonchev–Trinajstić information content (AvgIpc) is 3.37. The van der Waals surface area contributed by atoms with Crippen LogP contribution in [0.15, 0.2) is 48.8 Å². The topological polar surface area (TPSA) is 106 Å². The van der Waals surface area contributed by atoms with Crippen molar-refractivity contribution >= 4 is 17.7 Å². The largest absolute Gasteiger partial charge is 0.450 e. The molecular weight excluding hydrogens is 434 g/mol. The number of rotatable bonds is 5. The van der Waals surface area contributed by atoms with E-state index in [1.54, 1.807) is 42.7 Å². The smallest absolute Gasteiger partial charge is 0.387 e. The first-order chi connectivity index (χ1) is 15.9. The number of pyridine rings is 1. The number of benzene rings is 1. The molecule has 1 aliphatic carbocycles. The van der Waals surface area contributed by atoms with Gasteiger partial charge in [-0.1, -0.05) is 12.1 Å². The fourth-order valence-electron chi connectivity index (χ4n) is 4.58. The van der Waals surface area contributed by atoms with Gasteiger partial charge in [-0.25, -0.2) is 4.79 Å². The molecule has 1 fully saturated rings. The number of aromatic nitrogens is 3. The normalized spacial score (nSPS) is 21.7. The summed E-state index contributed by atoms with van der Waals surface area (Å²) in [6, 6.07) is 9.55. The van der Waals surface area contributed by atoms with Gasteiger partial charge in [0.2, 0.25) is 5.91 Å². The monoisotopic (exact) mass is 454 g/mol. The molecule has 1 spiro atoms. The van der Waals surface area contributed by atoms with Crippen LogP contribution in [-0.4, -0.2) is 33.7 Å². The van der Waals surface area contributed by atoms with Crippen molar-refractivity contribution in [2.75, 3.05) is 5.32 Å². The summed E-state index contributed by atoms with van der Waals surface area (Å²) in [6.07, 6.45) is 5.36. The number of nitrogens with zero attached hydrogens (tertiary/aromatic N) is 2. The Labute approximate surface area is 187 Å². The third-order valence-corrected chi connectivity index (χ3v) is 6.21. The predicted molar refractivity (Wildman–Crippen MR) is 113 cm³/mol. The number of nitrogens with one attached hydrogen (secondary N) is 2. The van der Waals surface area contributed by atoms with Gasteiger partial charge >= 0.3 is 12.6 Å². The number of hydrogen-bond donors (Lipinski definition) is 2. The summed E-state index contributed by atoms with van der Waals surface area (Å²) in [7, 11) is 0. The fourth-order valence-corrected chi connectivity index (χ4v) is 4.58. The highest BCUT2D eigenvalue weighted by atomic mass is 19.3. The molecular formula is C23H20F2N4O4. The summed E-state index contributed by atoms with van der Waals surface area (Å²) < 4.78 is 35.6. The molecule has 1 amide bonds. The van der Waals surface area contributed by atoms with E-state index in [9.17, 15) is 18.4 Å². The number of fused-ring (bicyclic) bond motifs is 2. The minimum atomic E-state index is -2.95. The number of carbonyl (C=O) groups is 2. The molecule has 1 aromatic carbocycles. The van der Waals surface area contributed by atoms with Gasteiger partial charge in [0.25, 0.3) is 0 Å². The number of anilines is 1. The second-order valence-electron chi connectivity index (χ2n) is 8.11. The summed E-state index contributed by atoms with van der Waals surface area (Å²) in [5, 5.41) is 9.60. The number of hydrogen-bond acceptors (Lipinski definition) is 6. The molecule has 1 saturated carbocycles. The molecule has 2 N–H and O–H groups in total. The van der Waals surface area contributed by atoms with Gasteiger partial charge in [-0.3, -0.25) is 14.9 Å². The van der Waals surface area contributed by atoms with Crippen LogP contribution in [0, 0.1) is 5.92 Å². The number of amides is 1. The number of carbonyl (C=O) groups excluding carboxylic acids is 2. The Hall–Kier alpha value is -3.82. The van der Waals surface area contributed by atoms with Gasteiger partial charge in [0.1, 0.15) is 11.4 Å². The molecule has 0 radical (unpaired) electrons. The lowest BCUT2D eigenvalue weighted by atomic mass is 9.75. The molecule has 8 nitrogen and oxygen atoms in total. The molecule has 2 aromatic heterocycles. The van der Waals surface area contributed by atoms with Crippen LogP contribution in [-0.2, 0) is 15.1 Å². The predicted octanol–water partition coefficient (Wildman–Crippen LogP) is 4.27. The second kappa shape index (κ2) is 8.27. The Morgan fingerprint density at radius 2 is 2.00 bits per heavy atom. The number of aromatic amines is 1. The lowest BCUT2D eigenvalue weighted by Crippen LogP contribution is -2.36. The van der Waals surface area contributed by atoms with Gasteiger partial charge < -0.3 is 14.8 Å². The number of esters is 1. The molecule has 1 aliphatic heterocycles. The van der Waals surface area contributed by atoms with Gasteiger partial charge in [-0.2, -0.15) is 13.9 Å². The number of para-hydroxylation sites is 1. The minimum Gasteiger partial charge on any atom is -0.450 e. The van der Waals surface area contributed by atoms with Crippen LogP contribution >= 0.6 is 0 Å². The first kappa shape index (κ1) is 21.0. The molecule has 2 aliphatic rings. The van der Waals surface area contributed by atoms with Crippen molar-refractivity contribution < 1.29 is 27.8 Å². The van der Waals surface area contributed by atoms with Crippen molar-refractivity contribution in [2.45, 2.75) is 37.9 Å². The summed E-state index contributed by atoms with van der Waals surface area (Å²) in [5.74, 6) is -0.535. The van der Waals surface area contributed by atoms with E-state index in [-0.39, 0.29) is 29.4 Å². The Balaban J connectivity index is 1.25. The molecule has 0 unspecified atom stereocenters. The van der Waals surface area contributed by atoms with Gasteiger partial charge in [0.05, 0.1) is 11.3 Å². The molecule has 3 aromatic rings. The summed E-state index contributed by atoms with van der Waals surface area (Å²) in [4.78, 5) is 29.2. The van der Waals surface area contributed by atoms with E-state index < -0.39 is 12.2 Å². The van der Waals surface area contributed by atoms with E-state index in [2.05, 4.69) is 25.2 Å². The Morgan fingerprint density at radius 3 is 2.79 bits per heavy atom. The summed E-state index contributed by atoms with van der Waals surface area (Å²) in [5.41, 5.74) is 1.45. The lowest BCUT2D eigenvalue weighted by molar-refractivity contribution is -0.122. The maximum Gasteiger partial charge on any atom is 0.387 e. The maximum absolute atomic E-state index is 12.8. The van der Waals surface area contributed by atoms with Crippen molar-refractivity contribution in [1.29, 1.82) is 0 Å². The van der Waals surface area contributed by atoms with Crippen LogP contribution in [0.4, 0.5) is 14.6 Å². The quantitative estimate of drug-likeness (QED) is 0.558. The standard InChI is InChI=1S/C23H20F2N4O4/c24-22(25)32-18-4-2-1-3-15(18)17-11-19(29-28-17)27-20(30)13-5-8-23(9-6-13)16-12-26-10-7-14(16)21(31)33-23/h1-4,7,10-13,22H,5-6,8-9H2,(H2,27,28,29,30). The zero-order valence-corrected chi connectivity index (χ0v) is 17.4. The van der Waals surface area contributed by atoms with Crippen LogP contribution < -0.4 is 10.1 Å². The molecule has 170 valence electrons. The Morgan fingerprint density at radius 1 is 1.21 bits per heavy atom. The highest BCUT2D eigenvalue weighted by Gasteiger charge is 2.48. The van der Waals surface area contributed by atoms with E-state index in [0.717, 1.165) is 5.56 Å². The minimum absolute atomic E-state index is 0.00693. The van der Waals surface area contributed by atoms with Crippen LogP contribution in [0.25, 0.3) is 11.3 Å². The molecule has 10 heteroatoms. The Bertz CT molecular complexity index is 1200. The molecule has 0 bridgehead atoms. The van der Waals surface area contributed by atoms with Crippen molar-refractivity contribution in [3.63, 3.8) is 0 Å². The van der Waals surface area contributed by atoms with Crippen molar-refractivity contribution in [3.05, 3.63) is 59.9 Å². The number of ether oxygens (including phenoxy) is 2. The van der Waals surface area contributed by atoms with E-state index >= 15 is 0 Å². The zero-order valence-electron chi connectivity index (χ0n) is 17.4. The van der Waals surface area contributed by atoms with Gasteiger partial charge in [0.15, 0.2) is 5.82 Å². The zero-order chi connectivity index (χ0) is 23.0. The van der Waals surface area contributed by atoms with Gasteiger partial charge in [0, 0.05) is 35.5 Å². The van der Waals surface area contributed by atoms with Gasteiger partial charge in [-0.15, -0.1) is 0 Å². The van der Waals surface area contributed by atoms with Gasteiger partial charge in [-0.05, 0) is 43.9 Å². The van der Waals surface area contributed by atoms with Crippen LogP contribution in [0.5, 0.6) is 5.75 Å². The highest BCUT2D eigenvalue weighted by molar-refractivity contribution is 5.95. The molecule has 33 heavy (non-hydrogen) atoms. The van der Waals surface area contributed by atoms with Crippen LogP contribution in [0.1, 0.15) is 41.6 Å². The second-order valence-corrected chi connectivity index (χ2v) is 8.11. The van der Waals surface area contributed by atoms with Crippen LogP contribution in [0.2, 0.25) is 0 Å². The number of alkyl halides is 2. The third-order valence-electron chi connectivity index (χ3n) is 6.21. The average molecular weight is 454 g/mol. The molecule has 0 saturated heterocycles. The number of halogens is 2. The fraction of sp³-hybridized carbons (Fsp3) is 0.304. The molecule has 5 rings (SSSR count). The summed E-state index contributed by atoms with van der Waals surface area (Å²) >= 11 is 0. The van der Waals surface area contributed by atoms with E-state index in [1.807, 2.05) is 0 Å². The first-order valence-electron chi connectivity index (χ1n) is 10.5.